The first-order valence-electron chi connectivity index (χ1n) is 7.50. The van der Waals surface area contributed by atoms with Crippen LogP contribution in [0.1, 0.15) is 20.8 Å². The van der Waals surface area contributed by atoms with Crippen molar-refractivity contribution in [2.45, 2.75) is 26.4 Å². The van der Waals surface area contributed by atoms with Crippen LogP contribution in [0.2, 0.25) is 0 Å². The number of rotatable bonds is 3. The zero-order valence-electron chi connectivity index (χ0n) is 14.8. The van der Waals surface area contributed by atoms with Crippen LogP contribution in [0.25, 0.3) is 0 Å². The zero-order valence-corrected chi connectivity index (χ0v) is 14.8. The Labute approximate surface area is 154 Å². The van der Waals surface area contributed by atoms with Gasteiger partial charge < -0.3 is 9.84 Å². The summed E-state index contributed by atoms with van der Waals surface area (Å²) in [6, 6.07) is 3.06. The summed E-state index contributed by atoms with van der Waals surface area (Å²) in [5, 5.41) is 7.49. The van der Waals surface area contributed by atoms with Crippen LogP contribution in [0.5, 0.6) is 0 Å². The van der Waals surface area contributed by atoms with Gasteiger partial charge in [0.2, 0.25) is 0 Å². The summed E-state index contributed by atoms with van der Waals surface area (Å²) in [5.74, 6) is 3.82. The fraction of sp³-hybridized carbons (Fsp3) is 0.267. The first kappa shape index (κ1) is 21.4. The largest absolute Gasteiger partial charge is 0.464 e. The minimum Gasteiger partial charge on any atom is -0.464 e. The van der Waals surface area contributed by atoms with E-state index in [2.05, 4.69) is 21.7 Å². The van der Waals surface area contributed by atoms with Crippen molar-refractivity contribution in [2.75, 3.05) is 10.3 Å². The molecule has 1 aliphatic rings. The van der Waals surface area contributed by atoms with Gasteiger partial charge in [-0.15, -0.1) is 0 Å². The smallest absolute Gasteiger partial charge is 0.426 e. The number of amides is 4. The maximum absolute atomic E-state index is 11.5. The van der Waals surface area contributed by atoms with E-state index < -0.39 is 29.6 Å². The van der Waals surface area contributed by atoms with E-state index in [9.17, 15) is 14.4 Å². The van der Waals surface area contributed by atoms with Gasteiger partial charge in [0.25, 0.3) is 11.8 Å². The number of carbonyl (C=O) groups excluding carboxylic acids is 3. The Hall–Kier alpha value is -3.67. The summed E-state index contributed by atoms with van der Waals surface area (Å²) in [7, 11) is 0. The molecule has 146 valence electrons. The Balaban J connectivity index is 0.000000646. The highest BCUT2D eigenvalue weighted by atomic mass is 16.6. The van der Waals surface area contributed by atoms with E-state index in [0.29, 0.717) is 11.5 Å². The number of nitrogens with one attached hydrogen (secondary N) is 3. The molecule has 1 aliphatic heterocycles. The van der Waals surface area contributed by atoms with Gasteiger partial charge in [-0.25, -0.2) is 30.7 Å². The number of pyridine rings is 1. The van der Waals surface area contributed by atoms with Crippen molar-refractivity contribution in [1.82, 2.24) is 15.8 Å². The second-order valence-electron chi connectivity index (χ2n) is 5.95. The van der Waals surface area contributed by atoms with Gasteiger partial charge in [0.05, 0.1) is 11.9 Å². The molecule has 1 aromatic rings. The minimum absolute atomic E-state index is 0.335. The molecular formula is C15H20N6O6. The van der Waals surface area contributed by atoms with Crippen LogP contribution in [-0.4, -0.2) is 39.7 Å². The molecule has 0 aromatic carbocycles. The standard InChI is InChI=1S/C14H16N4O4.CH4N2O2/c1-14(2,3)22-13(21)17-16-10-5-4-9(8-15-10)18-11(19)6-7-12(18)20;2-3-1(4)5/h4-8H,1-3H3,(H,15,16)(H,17,21);3H,2H2,(H,4,5). The van der Waals surface area contributed by atoms with E-state index in [-0.39, 0.29) is 0 Å². The summed E-state index contributed by atoms with van der Waals surface area (Å²) < 4.78 is 5.05. The Morgan fingerprint density at radius 2 is 1.74 bits per heavy atom. The van der Waals surface area contributed by atoms with Crippen LogP contribution in [0.3, 0.4) is 0 Å². The molecule has 0 unspecified atom stereocenters. The number of hydrogen-bond acceptors (Lipinski definition) is 8. The highest BCUT2D eigenvalue weighted by molar-refractivity contribution is 6.28. The molecule has 4 amide bonds. The molecule has 0 saturated carbocycles. The number of carboxylic acid groups (broad SMARTS) is 1. The molecule has 0 bridgehead atoms. The Morgan fingerprint density at radius 1 is 1.19 bits per heavy atom. The summed E-state index contributed by atoms with van der Waals surface area (Å²) in [6.07, 6.45) is 1.87. The minimum atomic E-state index is -1.22. The molecule has 0 saturated heterocycles. The Morgan fingerprint density at radius 3 is 2.15 bits per heavy atom. The van der Waals surface area contributed by atoms with Gasteiger partial charge in [0.1, 0.15) is 11.4 Å². The summed E-state index contributed by atoms with van der Waals surface area (Å²) in [4.78, 5) is 48.6. The van der Waals surface area contributed by atoms with Gasteiger partial charge in [-0.1, -0.05) is 0 Å². The third-order valence-corrected chi connectivity index (χ3v) is 2.63. The molecule has 0 radical (unpaired) electrons. The number of carbonyl (C=O) groups is 4. The Kier molecular flexibility index (Phi) is 7.24. The fourth-order valence-electron chi connectivity index (χ4n) is 1.67. The number of imide groups is 1. The summed E-state index contributed by atoms with van der Waals surface area (Å²) in [6.45, 7) is 5.24. The summed E-state index contributed by atoms with van der Waals surface area (Å²) in [5.41, 5.74) is 6.09. The van der Waals surface area contributed by atoms with Crippen molar-refractivity contribution in [1.29, 1.82) is 0 Å². The lowest BCUT2D eigenvalue weighted by Gasteiger charge is -2.20. The van der Waals surface area contributed by atoms with E-state index in [1.54, 1.807) is 20.8 Å². The third kappa shape index (κ3) is 7.39. The number of ether oxygens (including phenoxy) is 1. The van der Waals surface area contributed by atoms with Crippen molar-refractivity contribution in [2.24, 2.45) is 5.84 Å². The number of anilines is 2. The van der Waals surface area contributed by atoms with Gasteiger partial charge in [-0.3, -0.25) is 20.4 Å². The number of aromatic nitrogens is 1. The van der Waals surface area contributed by atoms with Crippen molar-refractivity contribution >= 4 is 35.5 Å². The SMILES string of the molecule is CC(C)(C)OC(=O)NNc1ccc(N2C(=O)C=CC2=O)cn1.NNC(=O)O. The van der Waals surface area contributed by atoms with Gasteiger partial charge in [-0.2, -0.15) is 0 Å². The van der Waals surface area contributed by atoms with Crippen LogP contribution in [0, 0.1) is 0 Å². The van der Waals surface area contributed by atoms with Gasteiger partial charge in [-0.05, 0) is 32.9 Å². The molecule has 0 aliphatic carbocycles. The number of nitrogens with two attached hydrogens (primary N) is 1. The van der Waals surface area contributed by atoms with Crippen LogP contribution < -0.4 is 27.0 Å². The van der Waals surface area contributed by atoms with Crippen LogP contribution in [0.4, 0.5) is 21.1 Å². The van der Waals surface area contributed by atoms with E-state index in [0.717, 1.165) is 4.90 Å². The number of nitrogens with zero attached hydrogens (tertiary/aromatic N) is 2. The lowest BCUT2D eigenvalue weighted by molar-refractivity contribution is -0.120. The highest BCUT2D eigenvalue weighted by Crippen LogP contribution is 2.18. The van der Waals surface area contributed by atoms with Crippen molar-refractivity contribution in [3.8, 4) is 0 Å². The third-order valence-electron chi connectivity index (χ3n) is 2.63. The van der Waals surface area contributed by atoms with Crippen LogP contribution in [-0.2, 0) is 14.3 Å². The number of hydrazine groups is 2. The normalized spacial score (nSPS) is 12.8. The topological polar surface area (TPSA) is 176 Å². The first-order chi connectivity index (χ1) is 12.5. The molecule has 2 rings (SSSR count). The molecular weight excluding hydrogens is 360 g/mol. The highest BCUT2D eigenvalue weighted by Gasteiger charge is 2.25. The van der Waals surface area contributed by atoms with Crippen LogP contribution >= 0.6 is 0 Å². The average molecular weight is 380 g/mol. The molecule has 0 fully saturated rings. The Bertz CT molecular complexity index is 722. The maximum Gasteiger partial charge on any atom is 0.426 e. The van der Waals surface area contributed by atoms with Crippen molar-refractivity contribution in [3.63, 3.8) is 0 Å². The summed E-state index contributed by atoms with van der Waals surface area (Å²) >= 11 is 0. The van der Waals surface area contributed by atoms with Crippen LogP contribution in [0.15, 0.2) is 30.5 Å². The molecule has 12 heteroatoms. The van der Waals surface area contributed by atoms with E-state index in [1.165, 1.54) is 35.9 Å². The van der Waals surface area contributed by atoms with Gasteiger partial charge in [0.15, 0.2) is 0 Å². The molecule has 0 atom stereocenters. The molecule has 1 aromatic heterocycles. The lowest BCUT2D eigenvalue weighted by atomic mass is 10.2. The van der Waals surface area contributed by atoms with Crippen molar-refractivity contribution < 1.29 is 29.0 Å². The fourth-order valence-corrected chi connectivity index (χ4v) is 1.67. The molecule has 12 nitrogen and oxygen atoms in total. The first-order valence-corrected chi connectivity index (χ1v) is 7.50. The quantitative estimate of drug-likeness (QED) is 0.216. The molecule has 2 heterocycles. The monoisotopic (exact) mass is 380 g/mol. The predicted molar refractivity (Wildman–Crippen MR) is 94.2 cm³/mol. The van der Waals surface area contributed by atoms with Crippen molar-refractivity contribution in [3.05, 3.63) is 30.5 Å². The zero-order chi connectivity index (χ0) is 20.6. The van der Waals surface area contributed by atoms with E-state index in [1.807, 2.05) is 0 Å². The van der Waals surface area contributed by atoms with E-state index >= 15 is 0 Å². The van der Waals surface area contributed by atoms with E-state index in [4.69, 9.17) is 14.6 Å². The lowest BCUT2D eigenvalue weighted by Crippen LogP contribution is -2.36. The number of hydrogen-bond donors (Lipinski definition) is 5. The average Bonchev–Trinajstić information content (AvgIpc) is 2.91. The molecule has 6 N–H and O–H groups in total. The van der Waals surface area contributed by atoms with Gasteiger partial charge >= 0.3 is 12.2 Å². The second-order valence-corrected chi connectivity index (χ2v) is 5.95. The molecule has 27 heavy (non-hydrogen) atoms. The predicted octanol–water partition coefficient (Wildman–Crippen LogP) is 0.490. The van der Waals surface area contributed by atoms with Gasteiger partial charge in [0, 0.05) is 12.2 Å². The molecule has 0 spiro atoms. The second kappa shape index (κ2) is 9.15. The maximum atomic E-state index is 11.5.